The second-order valence-electron chi connectivity index (χ2n) is 9.53. The maximum atomic E-state index is 13.4. The van der Waals surface area contributed by atoms with Crippen LogP contribution >= 0.6 is 0 Å². The number of hydrogen-bond acceptors (Lipinski definition) is 8. The van der Waals surface area contributed by atoms with Crippen LogP contribution in [0.25, 0.3) is 10.9 Å². The molecule has 2 aromatic carbocycles. The Morgan fingerprint density at radius 2 is 1.79 bits per heavy atom. The van der Waals surface area contributed by atoms with Gasteiger partial charge in [0, 0.05) is 44.1 Å². The molecule has 0 fully saturated rings. The van der Waals surface area contributed by atoms with E-state index in [0.717, 1.165) is 31.5 Å². The van der Waals surface area contributed by atoms with E-state index in [-0.39, 0.29) is 37.6 Å². The molecule has 13 nitrogen and oxygen atoms in total. The first-order chi connectivity index (χ1) is 20.2. The summed E-state index contributed by atoms with van der Waals surface area (Å²) in [6.45, 7) is 0.457. The largest absolute Gasteiger partial charge is 0.454 e. The number of nitrogens with one attached hydrogen (secondary N) is 3. The van der Waals surface area contributed by atoms with Gasteiger partial charge in [-0.15, -0.1) is 0 Å². The molecule has 5 N–H and O–H groups in total. The van der Waals surface area contributed by atoms with Crippen molar-refractivity contribution in [3.05, 3.63) is 92.8 Å². The van der Waals surface area contributed by atoms with Gasteiger partial charge in [0.05, 0.1) is 13.2 Å². The second-order valence-corrected chi connectivity index (χ2v) is 9.53. The van der Waals surface area contributed by atoms with Gasteiger partial charge in [-0.3, -0.25) is 28.8 Å². The molecule has 4 rings (SSSR count). The zero-order valence-corrected chi connectivity index (χ0v) is 23.2. The number of amides is 2. The smallest absolute Gasteiger partial charge is 0.330 e. The number of hydrogen-bond donors (Lipinski definition) is 4. The summed E-state index contributed by atoms with van der Waals surface area (Å²) in [5.74, 6) is -2.31. The lowest BCUT2D eigenvalue weighted by atomic mass is 10.0. The molecule has 13 heteroatoms. The molecule has 2 amide bonds. The molecule has 0 spiro atoms. The number of H-pyrrole nitrogens is 2. The first-order valence-corrected chi connectivity index (χ1v) is 13.1. The highest BCUT2D eigenvalue weighted by Crippen LogP contribution is 2.20. The number of rotatable bonds is 12. The van der Waals surface area contributed by atoms with Crippen LogP contribution in [0.3, 0.4) is 0 Å². The van der Waals surface area contributed by atoms with Gasteiger partial charge >= 0.3 is 11.7 Å². The van der Waals surface area contributed by atoms with Crippen molar-refractivity contribution in [2.45, 2.75) is 25.9 Å². The van der Waals surface area contributed by atoms with Crippen molar-refractivity contribution in [3.8, 4) is 0 Å². The van der Waals surface area contributed by atoms with E-state index in [0.29, 0.717) is 0 Å². The summed E-state index contributed by atoms with van der Waals surface area (Å²) in [5.41, 5.74) is 6.75. The highest BCUT2D eigenvalue weighted by atomic mass is 16.5. The Balaban J connectivity index is 1.56. The van der Waals surface area contributed by atoms with E-state index < -0.39 is 41.7 Å². The van der Waals surface area contributed by atoms with Gasteiger partial charge in [0.1, 0.15) is 11.9 Å². The van der Waals surface area contributed by atoms with Gasteiger partial charge in [0.2, 0.25) is 5.91 Å². The number of aromatic nitrogens is 3. The number of anilines is 2. The molecule has 0 aliphatic rings. The average Bonchev–Trinajstić information content (AvgIpc) is 3.38. The summed E-state index contributed by atoms with van der Waals surface area (Å²) < 4.78 is 11.6. The molecular weight excluding hydrogens is 544 g/mol. The van der Waals surface area contributed by atoms with Gasteiger partial charge < -0.3 is 25.5 Å². The fraction of sp³-hybridized carbons (Fsp3) is 0.276. The second kappa shape index (κ2) is 13.5. The van der Waals surface area contributed by atoms with E-state index in [9.17, 15) is 24.0 Å². The minimum atomic E-state index is -1.08. The highest BCUT2D eigenvalue weighted by molar-refractivity contribution is 5.97. The molecular formula is C29H32N6O7. The molecule has 1 atom stereocenters. The van der Waals surface area contributed by atoms with Crippen molar-refractivity contribution in [3.63, 3.8) is 0 Å². The maximum absolute atomic E-state index is 13.4. The zero-order valence-electron chi connectivity index (χ0n) is 23.2. The fourth-order valence-electron chi connectivity index (χ4n) is 4.58. The highest BCUT2D eigenvalue weighted by Gasteiger charge is 2.28. The number of carbonyl (C=O) groups is 3. The van der Waals surface area contributed by atoms with E-state index in [4.69, 9.17) is 15.2 Å². The number of methoxy groups -OCH3 is 1. The number of esters is 1. The van der Waals surface area contributed by atoms with E-state index >= 15 is 0 Å². The molecule has 2 heterocycles. The maximum Gasteiger partial charge on any atom is 0.330 e. The van der Waals surface area contributed by atoms with Crippen molar-refractivity contribution in [2.75, 3.05) is 37.5 Å². The lowest BCUT2D eigenvalue weighted by molar-refractivity contribution is -0.151. The normalized spacial score (nSPS) is 11.7. The summed E-state index contributed by atoms with van der Waals surface area (Å²) in [4.78, 5) is 70.1. The van der Waals surface area contributed by atoms with Crippen LogP contribution in [0.5, 0.6) is 0 Å². The third-order valence-corrected chi connectivity index (χ3v) is 6.59. The molecule has 2 aromatic heterocycles. The molecule has 0 aliphatic heterocycles. The van der Waals surface area contributed by atoms with Gasteiger partial charge in [0.25, 0.3) is 11.5 Å². The minimum Gasteiger partial charge on any atom is -0.454 e. The monoisotopic (exact) mass is 576 g/mol. The van der Waals surface area contributed by atoms with Crippen molar-refractivity contribution >= 4 is 40.2 Å². The van der Waals surface area contributed by atoms with E-state index in [1.165, 1.54) is 14.0 Å². The molecule has 220 valence electrons. The summed E-state index contributed by atoms with van der Waals surface area (Å²) in [6.07, 6.45) is 1.85. The topological polar surface area (TPSA) is 182 Å². The Morgan fingerprint density at radius 1 is 1.07 bits per heavy atom. The number of aromatic amines is 2. The van der Waals surface area contributed by atoms with Crippen molar-refractivity contribution in [1.82, 2.24) is 19.9 Å². The molecule has 4 aromatic rings. The summed E-state index contributed by atoms with van der Waals surface area (Å²) in [7, 11) is 1.41. The number of nitrogens with zero attached hydrogens (tertiary/aromatic N) is 2. The number of ether oxygens (including phenoxy) is 2. The molecule has 0 saturated heterocycles. The zero-order chi connectivity index (χ0) is 30.2. The van der Waals surface area contributed by atoms with Gasteiger partial charge in [-0.2, -0.15) is 0 Å². The predicted octanol–water partition coefficient (Wildman–Crippen LogP) is 0.918. The Labute approximate surface area is 240 Å². The molecule has 0 aliphatic carbocycles. The summed E-state index contributed by atoms with van der Waals surface area (Å²) in [6, 6.07) is 15.4. The van der Waals surface area contributed by atoms with Crippen LogP contribution in [0, 0.1) is 0 Å². The van der Waals surface area contributed by atoms with Crippen LogP contribution in [0.1, 0.15) is 18.1 Å². The Hall–Kier alpha value is -5.17. The number of fused-ring (bicyclic) bond motifs is 1. The number of nitrogens with two attached hydrogens (primary N) is 1. The molecule has 0 radical (unpaired) electrons. The van der Waals surface area contributed by atoms with E-state index in [1.54, 1.807) is 30.5 Å². The van der Waals surface area contributed by atoms with Gasteiger partial charge in [-0.05, 0) is 17.2 Å². The summed E-state index contributed by atoms with van der Waals surface area (Å²) >= 11 is 0. The average molecular weight is 577 g/mol. The fourth-order valence-corrected chi connectivity index (χ4v) is 4.58. The number of para-hydroxylation sites is 1. The van der Waals surface area contributed by atoms with Crippen LogP contribution in [-0.4, -0.2) is 65.2 Å². The van der Waals surface area contributed by atoms with Crippen LogP contribution in [0.15, 0.2) is 70.4 Å². The van der Waals surface area contributed by atoms with Crippen molar-refractivity contribution < 1.29 is 23.9 Å². The van der Waals surface area contributed by atoms with Gasteiger partial charge in [-0.25, -0.2) is 9.59 Å². The van der Waals surface area contributed by atoms with Crippen molar-refractivity contribution in [1.29, 1.82) is 0 Å². The van der Waals surface area contributed by atoms with Crippen LogP contribution in [-0.2, 0) is 36.8 Å². The first-order valence-electron chi connectivity index (χ1n) is 13.1. The van der Waals surface area contributed by atoms with Crippen LogP contribution in [0.2, 0.25) is 0 Å². The van der Waals surface area contributed by atoms with Gasteiger partial charge in [-0.1, -0.05) is 48.5 Å². The minimum absolute atomic E-state index is 0.0193. The SMILES string of the molecule is COCCN(C(=O)COC(=O)[C@H](Cc1c[nH]c2ccccc12)NC(C)=O)c1c(N)n(Cc2ccccc2)c(=O)[nH]c1=O. The third kappa shape index (κ3) is 6.93. The van der Waals surface area contributed by atoms with Crippen molar-refractivity contribution in [2.24, 2.45) is 0 Å². The molecule has 42 heavy (non-hydrogen) atoms. The summed E-state index contributed by atoms with van der Waals surface area (Å²) in [5, 5.41) is 3.45. The number of carbonyl (C=O) groups excluding carboxylic acids is 3. The predicted molar refractivity (Wildman–Crippen MR) is 156 cm³/mol. The molecule has 0 bridgehead atoms. The first kappa shape index (κ1) is 29.8. The third-order valence-electron chi connectivity index (χ3n) is 6.59. The lowest BCUT2D eigenvalue weighted by Crippen LogP contribution is -2.46. The Kier molecular flexibility index (Phi) is 9.55. The standard InChI is InChI=1S/C29H32N6O7/c1-18(36)32-23(14-20-15-31-22-11-7-6-10-21(20)22)28(39)42-17-24(37)34(12-13-41-2)25-26(30)35(29(40)33-27(25)38)16-19-8-4-3-5-9-19/h3-11,15,23,31H,12-14,16-17,30H2,1-2H3,(H,32,36)(H,33,38,40)/t23-/m0/s1. The van der Waals surface area contributed by atoms with E-state index in [2.05, 4.69) is 15.3 Å². The molecule has 0 saturated carbocycles. The number of nitrogen functional groups attached to an aromatic ring is 1. The quantitative estimate of drug-likeness (QED) is 0.180. The van der Waals surface area contributed by atoms with Gasteiger partial charge in [0.15, 0.2) is 12.3 Å². The van der Waals surface area contributed by atoms with Crippen LogP contribution < -0.4 is 27.2 Å². The Morgan fingerprint density at radius 3 is 2.50 bits per heavy atom. The van der Waals surface area contributed by atoms with Crippen LogP contribution in [0.4, 0.5) is 11.5 Å². The Bertz CT molecular complexity index is 1690. The lowest BCUT2D eigenvalue weighted by Gasteiger charge is -2.24. The molecule has 0 unspecified atom stereocenters. The van der Waals surface area contributed by atoms with E-state index in [1.807, 2.05) is 30.3 Å². The number of benzene rings is 2.